The lowest BCUT2D eigenvalue weighted by atomic mass is 10.2. The third-order valence-electron chi connectivity index (χ3n) is 3.50. The fourth-order valence-corrected chi connectivity index (χ4v) is 3.69. The number of aryl methyl sites for hydroxylation is 1. The Morgan fingerprint density at radius 1 is 1.19 bits per heavy atom. The summed E-state index contributed by atoms with van der Waals surface area (Å²) in [5, 5.41) is 5.24. The van der Waals surface area contributed by atoms with Crippen molar-refractivity contribution in [3.63, 3.8) is 0 Å². The van der Waals surface area contributed by atoms with E-state index in [2.05, 4.69) is 47.7 Å². The number of para-hydroxylation sites is 1. The van der Waals surface area contributed by atoms with Crippen LogP contribution in [-0.4, -0.2) is 12.0 Å². The van der Waals surface area contributed by atoms with Crippen LogP contribution in [0.4, 0.5) is 0 Å². The molecule has 3 aromatic rings. The molecule has 3 rings (SSSR count). The molecule has 0 saturated carbocycles. The predicted molar refractivity (Wildman–Crippen MR) is 91.4 cm³/mol. The number of hydrogen-bond donors (Lipinski definition) is 2. The van der Waals surface area contributed by atoms with Gasteiger partial charge in [0.25, 0.3) is 0 Å². The zero-order valence-corrected chi connectivity index (χ0v) is 13.6. The molecular weight excluding hydrogens is 300 g/mol. The minimum Gasteiger partial charge on any atom is -0.360 e. The van der Waals surface area contributed by atoms with E-state index in [0.717, 1.165) is 11.6 Å². The molecular formula is C17H17ClN2S. The van der Waals surface area contributed by atoms with E-state index in [-0.39, 0.29) is 0 Å². The van der Waals surface area contributed by atoms with Gasteiger partial charge in [0.1, 0.15) is 0 Å². The van der Waals surface area contributed by atoms with E-state index < -0.39 is 0 Å². The van der Waals surface area contributed by atoms with Gasteiger partial charge in [-0.2, -0.15) is 0 Å². The number of rotatable bonds is 4. The van der Waals surface area contributed by atoms with Gasteiger partial charge < -0.3 is 10.3 Å². The second-order valence-electron chi connectivity index (χ2n) is 5.03. The maximum absolute atomic E-state index is 6.11. The SMILES string of the molecule is CNCc1cc(Cl)ccc1Sc1c[nH]c2c(C)cccc12. The van der Waals surface area contributed by atoms with Crippen molar-refractivity contribution < 1.29 is 0 Å². The van der Waals surface area contributed by atoms with E-state index in [9.17, 15) is 0 Å². The average molecular weight is 317 g/mol. The van der Waals surface area contributed by atoms with Crippen molar-refractivity contribution in [1.82, 2.24) is 10.3 Å². The highest BCUT2D eigenvalue weighted by Crippen LogP contribution is 2.36. The molecule has 0 aliphatic carbocycles. The Kier molecular flexibility index (Phi) is 4.24. The van der Waals surface area contributed by atoms with Crippen LogP contribution < -0.4 is 5.32 Å². The van der Waals surface area contributed by atoms with Gasteiger partial charge in [-0.1, -0.05) is 41.6 Å². The van der Waals surface area contributed by atoms with E-state index >= 15 is 0 Å². The van der Waals surface area contributed by atoms with Crippen LogP contribution in [0.3, 0.4) is 0 Å². The molecule has 0 aliphatic heterocycles. The van der Waals surface area contributed by atoms with Crippen LogP contribution in [-0.2, 0) is 6.54 Å². The number of benzene rings is 2. The van der Waals surface area contributed by atoms with Crippen molar-refractivity contribution in [3.8, 4) is 0 Å². The summed E-state index contributed by atoms with van der Waals surface area (Å²) in [6.07, 6.45) is 2.08. The van der Waals surface area contributed by atoms with Crippen LogP contribution in [0.5, 0.6) is 0 Å². The summed E-state index contributed by atoms with van der Waals surface area (Å²) in [5.41, 5.74) is 3.70. The molecule has 4 heteroatoms. The Morgan fingerprint density at radius 2 is 2.05 bits per heavy atom. The van der Waals surface area contributed by atoms with Crippen LogP contribution in [0.2, 0.25) is 5.02 Å². The predicted octanol–water partition coefficient (Wildman–Crippen LogP) is 5.00. The molecule has 108 valence electrons. The molecule has 0 bridgehead atoms. The Balaban J connectivity index is 2.01. The van der Waals surface area contributed by atoms with Crippen molar-refractivity contribution in [1.29, 1.82) is 0 Å². The molecule has 2 N–H and O–H groups in total. The van der Waals surface area contributed by atoms with Crippen LogP contribution in [0.1, 0.15) is 11.1 Å². The number of halogens is 1. The highest BCUT2D eigenvalue weighted by molar-refractivity contribution is 7.99. The van der Waals surface area contributed by atoms with E-state index in [4.69, 9.17) is 11.6 Å². The zero-order valence-electron chi connectivity index (χ0n) is 12.0. The van der Waals surface area contributed by atoms with E-state index in [0.29, 0.717) is 0 Å². The van der Waals surface area contributed by atoms with Gasteiger partial charge in [0, 0.05) is 38.5 Å². The monoisotopic (exact) mass is 316 g/mol. The molecule has 0 saturated heterocycles. The molecule has 2 nitrogen and oxygen atoms in total. The standard InChI is InChI=1S/C17H17ClN2S/c1-11-4-3-5-14-16(10-20-17(11)14)21-15-7-6-13(18)8-12(15)9-19-2/h3-8,10,19-20H,9H2,1-2H3. The topological polar surface area (TPSA) is 27.8 Å². The molecule has 0 fully saturated rings. The third kappa shape index (κ3) is 2.95. The van der Waals surface area contributed by atoms with Gasteiger partial charge in [-0.15, -0.1) is 0 Å². The highest BCUT2D eigenvalue weighted by atomic mass is 35.5. The number of nitrogens with one attached hydrogen (secondary N) is 2. The summed E-state index contributed by atoms with van der Waals surface area (Å²) in [4.78, 5) is 5.85. The molecule has 2 aromatic carbocycles. The lowest BCUT2D eigenvalue weighted by Gasteiger charge is -2.09. The summed E-state index contributed by atoms with van der Waals surface area (Å²) < 4.78 is 0. The Bertz CT molecular complexity index is 780. The smallest absolute Gasteiger partial charge is 0.0495 e. The minimum atomic E-state index is 0.777. The van der Waals surface area contributed by atoms with Gasteiger partial charge in [-0.3, -0.25) is 0 Å². The van der Waals surface area contributed by atoms with Gasteiger partial charge in [-0.25, -0.2) is 0 Å². The van der Waals surface area contributed by atoms with Gasteiger partial charge in [-0.05, 0) is 43.3 Å². The molecule has 0 amide bonds. The third-order valence-corrected chi connectivity index (χ3v) is 4.91. The summed E-state index contributed by atoms with van der Waals surface area (Å²) >= 11 is 7.88. The molecule has 0 unspecified atom stereocenters. The van der Waals surface area contributed by atoms with Crippen LogP contribution >= 0.6 is 23.4 Å². The van der Waals surface area contributed by atoms with Crippen LogP contribution in [0, 0.1) is 6.92 Å². The number of aromatic amines is 1. The largest absolute Gasteiger partial charge is 0.360 e. The van der Waals surface area contributed by atoms with Gasteiger partial charge >= 0.3 is 0 Å². The molecule has 21 heavy (non-hydrogen) atoms. The first kappa shape index (κ1) is 14.5. The summed E-state index contributed by atoms with van der Waals surface area (Å²) in [6.45, 7) is 2.94. The van der Waals surface area contributed by atoms with Gasteiger partial charge in [0.15, 0.2) is 0 Å². The van der Waals surface area contributed by atoms with Crippen molar-refractivity contribution in [2.45, 2.75) is 23.3 Å². The van der Waals surface area contributed by atoms with Crippen LogP contribution in [0.15, 0.2) is 52.4 Å². The number of fused-ring (bicyclic) bond motifs is 1. The minimum absolute atomic E-state index is 0.777. The highest BCUT2D eigenvalue weighted by Gasteiger charge is 2.10. The average Bonchev–Trinajstić information content (AvgIpc) is 2.87. The quantitative estimate of drug-likeness (QED) is 0.709. The summed E-state index contributed by atoms with van der Waals surface area (Å²) in [5.74, 6) is 0. The molecule has 0 atom stereocenters. The fraction of sp³-hybridized carbons (Fsp3) is 0.176. The Labute approximate surface area is 133 Å². The summed E-state index contributed by atoms with van der Waals surface area (Å²) in [6, 6.07) is 12.5. The van der Waals surface area contributed by atoms with Crippen molar-refractivity contribution >= 4 is 34.3 Å². The molecule has 1 aromatic heterocycles. The van der Waals surface area contributed by atoms with Crippen molar-refractivity contribution in [3.05, 3.63) is 58.7 Å². The van der Waals surface area contributed by atoms with Crippen molar-refractivity contribution in [2.75, 3.05) is 7.05 Å². The number of hydrogen-bond acceptors (Lipinski definition) is 2. The van der Waals surface area contributed by atoms with E-state index in [1.807, 2.05) is 19.2 Å². The maximum Gasteiger partial charge on any atom is 0.0495 e. The number of H-pyrrole nitrogens is 1. The van der Waals surface area contributed by atoms with Gasteiger partial charge in [0.05, 0.1) is 0 Å². The first-order chi connectivity index (χ1) is 10.2. The maximum atomic E-state index is 6.11. The van der Waals surface area contributed by atoms with Crippen LogP contribution in [0.25, 0.3) is 10.9 Å². The zero-order chi connectivity index (χ0) is 14.8. The Morgan fingerprint density at radius 3 is 2.86 bits per heavy atom. The molecule has 0 spiro atoms. The normalized spacial score (nSPS) is 11.2. The first-order valence-electron chi connectivity index (χ1n) is 6.86. The lowest BCUT2D eigenvalue weighted by Crippen LogP contribution is -2.06. The number of aromatic nitrogens is 1. The fourth-order valence-electron chi connectivity index (χ4n) is 2.46. The van der Waals surface area contributed by atoms with E-state index in [1.54, 1.807) is 11.8 Å². The lowest BCUT2D eigenvalue weighted by molar-refractivity contribution is 0.803. The summed E-state index contributed by atoms with van der Waals surface area (Å²) in [7, 11) is 1.95. The molecule has 0 aliphatic rings. The second kappa shape index (κ2) is 6.14. The molecule has 1 heterocycles. The Hall–Kier alpha value is -1.42. The second-order valence-corrected chi connectivity index (χ2v) is 6.56. The van der Waals surface area contributed by atoms with Crippen molar-refractivity contribution in [2.24, 2.45) is 0 Å². The van der Waals surface area contributed by atoms with E-state index in [1.165, 1.54) is 31.8 Å². The first-order valence-corrected chi connectivity index (χ1v) is 8.06. The van der Waals surface area contributed by atoms with Gasteiger partial charge in [0.2, 0.25) is 0 Å². The molecule has 0 radical (unpaired) electrons.